The molecule has 98 valence electrons. The van der Waals surface area contributed by atoms with E-state index < -0.39 is 17.7 Å². The Morgan fingerprint density at radius 3 is 2.89 bits per heavy atom. The molecule has 3 nitrogen and oxygen atoms in total. The van der Waals surface area contributed by atoms with Gasteiger partial charge >= 0.3 is 5.97 Å². The van der Waals surface area contributed by atoms with Crippen LogP contribution in [0.3, 0.4) is 0 Å². The maximum Gasteiger partial charge on any atom is 0.307 e. The Labute approximate surface area is 110 Å². The summed E-state index contributed by atoms with van der Waals surface area (Å²) in [5.41, 5.74) is 1.43. The van der Waals surface area contributed by atoms with Crippen LogP contribution in [0, 0.1) is 11.7 Å². The fraction of sp³-hybridized carbons (Fsp3) is 0.462. The molecule has 1 saturated heterocycles. The van der Waals surface area contributed by atoms with Gasteiger partial charge in [0.1, 0.15) is 5.82 Å². The lowest BCUT2D eigenvalue weighted by Crippen LogP contribution is -2.17. The van der Waals surface area contributed by atoms with E-state index >= 15 is 0 Å². The van der Waals surface area contributed by atoms with Crippen molar-refractivity contribution in [2.24, 2.45) is 5.92 Å². The first kappa shape index (κ1) is 13.3. The minimum Gasteiger partial charge on any atom is -0.481 e. The molecule has 2 unspecified atom stereocenters. The molecule has 1 fully saturated rings. The third kappa shape index (κ3) is 2.49. The van der Waals surface area contributed by atoms with Crippen LogP contribution >= 0.6 is 11.6 Å². The molecule has 0 aromatic heterocycles. The standard InChI is InChI=1S/C13H15ClFNO2/c1-2-7-3-9(12(15)10(14)4-7)11-5-8(6-16-11)13(17)18/h3-4,8,11,16H,2,5-6H2,1H3,(H,17,18). The van der Waals surface area contributed by atoms with Crippen LogP contribution < -0.4 is 5.32 Å². The fourth-order valence-electron chi connectivity index (χ4n) is 2.29. The maximum absolute atomic E-state index is 14.0. The molecule has 5 heteroatoms. The Balaban J connectivity index is 2.29. The molecule has 2 rings (SSSR count). The number of carboxylic acid groups (broad SMARTS) is 1. The number of rotatable bonds is 3. The van der Waals surface area contributed by atoms with Gasteiger partial charge in [-0.15, -0.1) is 0 Å². The van der Waals surface area contributed by atoms with E-state index in [-0.39, 0.29) is 11.1 Å². The van der Waals surface area contributed by atoms with Gasteiger partial charge in [-0.3, -0.25) is 4.79 Å². The average Bonchev–Trinajstić information content (AvgIpc) is 2.82. The quantitative estimate of drug-likeness (QED) is 0.889. The number of carboxylic acids is 1. The van der Waals surface area contributed by atoms with Gasteiger partial charge in [0.2, 0.25) is 0 Å². The Hall–Kier alpha value is -1.13. The SMILES string of the molecule is CCc1cc(Cl)c(F)c(C2CC(C(=O)O)CN2)c1. The third-order valence-corrected chi connectivity index (χ3v) is 3.65. The highest BCUT2D eigenvalue weighted by Gasteiger charge is 2.32. The lowest BCUT2D eigenvalue weighted by atomic mass is 9.97. The largest absolute Gasteiger partial charge is 0.481 e. The van der Waals surface area contributed by atoms with Gasteiger partial charge in [-0.25, -0.2) is 4.39 Å². The molecular formula is C13H15ClFNO2. The van der Waals surface area contributed by atoms with Crippen molar-refractivity contribution in [3.8, 4) is 0 Å². The summed E-state index contributed by atoms with van der Waals surface area (Å²) in [6.45, 7) is 2.34. The Kier molecular flexibility index (Phi) is 3.88. The summed E-state index contributed by atoms with van der Waals surface area (Å²) < 4.78 is 14.0. The molecule has 1 aliphatic heterocycles. The summed E-state index contributed by atoms with van der Waals surface area (Å²) >= 11 is 5.86. The van der Waals surface area contributed by atoms with Crippen LogP contribution in [-0.4, -0.2) is 17.6 Å². The van der Waals surface area contributed by atoms with Gasteiger partial charge < -0.3 is 10.4 Å². The molecule has 2 atom stereocenters. The highest BCUT2D eigenvalue weighted by atomic mass is 35.5. The lowest BCUT2D eigenvalue weighted by Gasteiger charge is -2.14. The van der Waals surface area contributed by atoms with Crippen LogP contribution in [0.1, 0.15) is 30.5 Å². The van der Waals surface area contributed by atoms with Crippen LogP contribution in [0.5, 0.6) is 0 Å². The van der Waals surface area contributed by atoms with E-state index in [1.54, 1.807) is 12.1 Å². The first-order valence-corrected chi connectivity index (χ1v) is 6.34. The monoisotopic (exact) mass is 271 g/mol. The summed E-state index contributed by atoms with van der Waals surface area (Å²) in [5, 5.41) is 12.1. The second kappa shape index (κ2) is 5.24. The van der Waals surface area contributed by atoms with Gasteiger partial charge in [0, 0.05) is 18.2 Å². The molecule has 1 aliphatic rings. The number of aryl methyl sites for hydroxylation is 1. The highest BCUT2D eigenvalue weighted by molar-refractivity contribution is 6.30. The first-order chi connectivity index (χ1) is 8.52. The summed E-state index contributed by atoms with van der Waals surface area (Å²) in [7, 11) is 0. The average molecular weight is 272 g/mol. The predicted molar refractivity (Wildman–Crippen MR) is 67.3 cm³/mol. The van der Waals surface area contributed by atoms with Crippen molar-refractivity contribution < 1.29 is 14.3 Å². The molecule has 1 aromatic carbocycles. The zero-order valence-corrected chi connectivity index (χ0v) is 10.8. The second-order valence-corrected chi connectivity index (χ2v) is 4.97. The lowest BCUT2D eigenvalue weighted by molar-refractivity contribution is -0.141. The van der Waals surface area contributed by atoms with Crippen molar-refractivity contribution >= 4 is 17.6 Å². The van der Waals surface area contributed by atoms with Gasteiger partial charge in [-0.05, 0) is 24.5 Å². The summed E-state index contributed by atoms with van der Waals surface area (Å²) in [4.78, 5) is 10.9. The van der Waals surface area contributed by atoms with E-state index in [4.69, 9.17) is 16.7 Å². The summed E-state index contributed by atoms with van der Waals surface area (Å²) in [6.07, 6.45) is 1.16. The predicted octanol–water partition coefficient (Wildman–Crippen LogP) is 2.78. The Bertz CT molecular complexity index is 478. The minimum absolute atomic E-state index is 0.102. The number of carbonyl (C=O) groups is 1. The molecule has 0 saturated carbocycles. The van der Waals surface area contributed by atoms with E-state index in [0.29, 0.717) is 18.5 Å². The van der Waals surface area contributed by atoms with Crippen LogP contribution in [0.4, 0.5) is 4.39 Å². The van der Waals surface area contributed by atoms with Crippen molar-refractivity contribution in [3.05, 3.63) is 34.1 Å². The summed E-state index contributed by atoms with van der Waals surface area (Å²) in [6, 6.07) is 3.11. The van der Waals surface area contributed by atoms with Gasteiger partial charge in [-0.2, -0.15) is 0 Å². The van der Waals surface area contributed by atoms with Gasteiger partial charge in [0.15, 0.2) is 0 Å². The van der Waals surface area contributed by atoms with E-state index in [9.17, 15) is 9.18 Å². The second-order valence-electron chi connectivity index (χ2n) is 4.57. The van der Waals surface area contributed by atoms with E-state index in [1.807, 2.05) is 6.92 Å². The number of hydrogen-bond acceptors (Lipinski definition) is 2. The van der Waals surface area contributed by atoms with Crippen molar-refractivity contribution in [1.29, 1.82) is 0 Å². The third-order valence-electron chi connectivity index (χ3n) is 3.38. The molecule has 1 aromatic rings. The number of benzene rings is 1. The molecule has 0 radical (unpaired) electrons. The van der Waals surface area contributed by atoms with E-state index in [0.717, 1.165) is 12.0 Å². The number of halogens is 2. The highest BCUT2D eigenvalue weighted by Crippen LogP contribution is 2.32. The molecule has 0 aliphatic carbocycles. The zero-order valence-electron chi connectivity index (χ0n) is 10.0. The van der Waals surface area contributed by atoms with Crippen LogP contribution in [-0.2, 0) is 11.2 Å². The van der Waals surface area contributed by atoms with E-state index in [1.165, 1.54) is 0 Å². The van der Waals surface area contributed by atoms with Crippen molar-refractivity contribution in [3.63, 3.8) is 0 Å². The number of nitrogens with one attached hydrogen (secondary N) is 1. The molecule has 0 bridgehead atoms. The molecule has 0 amide bonds. The molecule has 1 heterocycles. The maximum atomic E-state index is 14.0. The first-order valence-electron chi connectivity index (χ1n) is 5.97. The number of hydrogen-bond donors (Lipinski definition) is 2. The Morgan fingerprint density at radius 2 is 2.33 bits per heavy atom. The molecular weight excluding hydrogens is 257 g/mol. The van der Waals surface area contributed by atoms with Gasteiger partial charge in [-0.1, -0.05) is 24.6 Å². The van der Waals surface area contributed by atoms with E-state index in [2.05, 4.69) is 5.32 Å². The van der Waals surface area contributed by atoms with Crippen LogP contribution in [0.15, 0.2) is 12.1 Å². The smallest absolute Gasteiger partial charge is 0.307 e. The number of aliphatic carboxylic acids is 1. The van der Waals surface area contributed by atoms with Gasteiger partial charge in [0.25, 0.3) is 0 Å². The van der Waals surface area contributed by atoms with Crippen molar-refractivity contribution in [2.45, 2.75) is 25.8 Å². The fourth-order valence-corrected chi connectivity index (χ4v) is 2.54. The van der Waals surface area contributed by atoms with Crippen molar-refractivity contribution in [2.75, 3.05) is 6.54 Å². The summed E-state index contributed by atoms with van der Waals surface area (Å²) in [5.74, 6) is -1.75. The van der Waals surface area contributed by atoms with Crippen LogP contribution in [0.25, 0.3) is 0 Å². The normalized spacial score (nSPS) is 23.3. The van der Waals surface area contributed by atoms with Crippen molar-refractivity contribution in [1.82, 2.24) is 5.32 Å². The van der Waals surface area contributed by atoms with Gasteiger partial charge in [0.05, 0.1) is 10.9 Å². The Morgan fingerprint density at radius 1 is 1.61 bits per heavy atom. The zero-order chi connectivity index (χ0) is 13.3. The minimum atomic E-state index is -0.844. The van der Waals surface area contributed by atoms with Crippen LogP contribution in [0.2, 0.25) is 5.02 Å². The molecule has 2 N–H and O–H groups in total. The molecule has 18 heavy (non-hydrogen) atoms. The topological polar surface area (TPSA) is 49.3 Å². The molecule has 0 spiro atoms.